The maximum atomic E-state index is 13.7. The molecular formula is C28H26O2Si. The molecule has 0 aliphatic carbocycles. The minimum atomic E-state index is -2.87. The van der Waals surface area contributed by atoms with Crippen LogP contribution in [0, 0.1) is 0 Å². The molecule has 154 valence electrons. The van der Waals surface area contributed by atoms with Gasteiger partial charge in [0, 0.05) is 0 Å². The van der Waals surface area contributed by atoms with Crippen molar-refractivity contribution in [2.75, 3.05) is 6.61 Å². The van der Waals surface area contributed by atoms with Crippen molar-refractivity contribution in [3.05, 3.63) is 127 Å². The van der Waals surface area contributed by atoms with Gasteiger partial charge in [-0.3, -0.25) is 4.79 Å². The summed E-state index contributed by atoms with van der Waals surface area (Å²) in [5, 5.41) is 3.57. The van der Waals surface area contributed by atoms with Gasteiger partial charge in [0.2, 0.25) is 0 Å². The monoisotopic (exact) mass is 422 g/mol. The maximum Gasteiger partial charge on any atom is 0.311 e. The van der Waals surface area contributed by atoms with E-state index in [1.54, 1.807) is 0 Å². The van der Waals surface area contributed by atoms with Gasteiger partial charge in [0.15, 0.2) is 8.07 Å². The molecule has 3 heteroatoms. The molecule has 0 bridgehead atoms. The van der Waals surface area contributed by atoms with Gasteiger partial charge in [0.25, 0.3) is 0 Å². The molecule has 1 atom stereocenters. The molecule has 0 aliphatic heterocycles. The van der Waals surface area contributed by atoms with Gasteiger partial charge < -0.3 is 4.74 Å². The van der Waals surface area contributed by atoms with Crippen molar-refractivity contribution in [3.63, 3.8) is 0 Å². The number of benzene rings is 4. The van der Waals surface area contributed by atoms with Gasteiger partial charge in [-0.2, -0.15) is 0 Å². The van der Waals surface area contributed by atoms with Crippen LogP contribution in [0.4, 0.5) is 0 Å². The van der Waals surface area contributed by atoms with Crippen LogP contribution in [0.2, 0.25) is 0 Å². The highest BCUT2D eigenvalue weighted by Gasteiger charge is 2.51. The van der Waals surface area contributed by atoms with E-state index in [-0.39, 0.29) is 5.97 Å². The summed E-state index contributed by atoms with van der Waals surface area (Å²) in [6.07, 6.45) is 0. The molecule has 0 unspecified atom stereocenters. The van der Waals surface area contributed by atoms with Crippen molar-refractivity contribution in [1.29, 1.82) is 0 Å². The summed E-state index contributed by atoms with van der Waals surface area (Å²) in [5.74, 6) is -0.170. The fraction of sp³-hybridized carbons (Fsp3) is 0.107. The standard InChI is InChI=1S/C28H26O2Si/c1-2-30-28(29)27(23-15-7-3-8-16-23)31(24-17-9-4-10-18-24,25-19-11-5-12-20-25)26-21-13-6-14-22-26/h3-22,27H,2H2,1H3/t27-/m1/s1. The Bertz CT molecular complexity index is 1000. The molecule has 0 radical (unpaired) electrons. The summed E-state index contributed by atoms with van der Waals surface area (Å²) in [5.41, 5.74) is 0.574. The molecule has 0 heterocycles. The Morgan fingerprint density at radius 3 is 1.35 bits per heavy atom. The number of rotatable bonds is 7. The minimum absolute atomic E-state index is 0.170. The third-order valence-corrected chi connectivity index (χ3v) is 10.9. The average molecular weight is 423 g/mol. The molecule has 0 amide bonds. The molecule has 4 rings (SSSR count). The molecule has 0 aromatic heterocycles. The summed E-state index contributed by atoms with van der Waals surface area (Å²) in [7, 11) is -2.87. The molecular weight excluding hydrogens is 396 g/mol. The second kappa shape index (κ2) is 9.58. The van der Waals surface area contributed by atoms with Gasteiger partial charge in [0.05, 0.1) is 12.1 Å². The molecule has 31 heavy (non-hydrogen) atoms. The molecule has 0 N–H and O–H groups in total. The van der Waals surface area contributed by atoms with Gasteiger partial charge in [-0.25, -0.2) is 0 Å². The highest BCUT2D eigenvalue weighted by atomic mass is 28.3. The van der Waals surface area contributed by atoms with E-state index in [4.69, 9.17) is 4.74 Å². The summed E-state index contributed by atoms with van der Waals surface area (Å²) >= 11 is 0. The van der Waals surface area contributed by atoms with Gasteiger partial charge in [-0.1, -0.05) is 121 Å². The van der Waals surface area contributed by atoms with Crippen LogP contribution < -0.4 is 15.6 Å². The number of carbonyl (C=O) groups is 1. The van der Waals surface area contributed by atoms with E-state index in [0.717, 1.165) is 5.56 Å². The van der Waals surface area contributed by atoms with Crippen LogP contribution in [-0.2, 0) is 9.53 Å². The second-order valence-electron chi connectivity index (χ2n) is 7.50. The van der Waals surface area contributed by atoms with Gasteiger partial charge in [0.1, 0.15) is 0 Å². The lowest BCUT2D eigenvalue weighted by atomic mass is 10.1. The fourth-order valence-electron chi connectivity index (χ4n) is 4.54. The van der Waals surface area contributed by atoms with Crippen molar-refractivity contribution < 1.29 is 9.53 Å². The lowest BCUT2D eigenvalue weighted by Gasteiger charge is -2.39. The van der Waals surface area contributed by atoms with Gasteiger partial charge >= 0.3 is 5.97 Å². The van der Waals surface area contributed by atoms with E-state index in [2.05, 4.69) is 84.9 Å². The highest BCUT2D eigenvalue weighted by Crippen LogP contribution is 2.29. The Balaban J connectivity index is 2.13. The minimum Gasteiger partial charge on any atom is -0.466 e. The van der Waals surface area contributed by atoms with Crippen molar-refractivity contribution >= 4 is 29.6 Å². The van der Waals surface area contributed by atoms with Crippen molar-refractivity contribution in [1.82, 2.24) is 0 Å². The van der Waals surface area contributed by atoms with Gasteiger partial charge in [-0.05, 0) is 28.0 Å². The number of carbonyl (C=O) groups excluding carboxylic acids is 1. The number of hydrogen-bond donors (Lipinski definition) is 0. The van der Waals surface area contributed by atoms with Crippen LogP contribution in [-0.4, -0.2) is 20.7 Å². The number of esters is 1. The Labute approximate surface area is 185 Å². The van der Waals surface area contributed by atoms with Crippen LogP contribution in [0.25, 0.3) is 0 Å². The molecule has 2 nitrogen and oxygen atoms in total. The van der Waals surface area contributed by atoms with Gasteiger partial charge in [-0.15, -0.1) is 0 Å². The predicted octanol–water partition coefficient (Wildman–Crippen LogP) is 4.04. The van der Waals surface area contributed by atoms with E-state index in [9.17, 15) is 4.79 Å². The Morgan fingerprint density at radius 2 is 1.00 bits per heavy atom. The SMILES string of the molecule is CCOC(=O)[C@@H](c1ccccc1)[Si](c1ccccc1)(c1ccccc1)c1ccccc1. The van der Waals surface area contributed by atoms with E-state index in [1.165, 1.54) is 15.6 Å². The maximum absolute atomic E-state index is 13.7. The van der Waals surface area contributed by atoms with Crippen molar-refractivity contribution in [3.8, 4) is 0 Å². The molecule has 0 saturated carbocycles. The Kier molecular flexibility index (Phi) is 6.44. The third kappa shape index (κ3) is 3.97. The third-order valence-electron chi connectivity index (χ3n) is 5.78. The molecule has 0 aliphatic rings. The van der Waals surface area contributed by atoms with Crippen molar-refractivity contribution in [2.24, 2.45) is 0 Å². The fourth-order valence-corrected chi connectivity index (χ4v) is 9.82. The van der Waals surface area contributed by atoms with E-state index >= 15 is 0 Å². The van der Waals surface area contributed by atoms with Crippen LogP contribution in [0.15, 0.2) is 121 Å². The van der Waals surface area contributed by atoms with Crippen molar-refractivity contribution in [2.45, 2.75) is 12.5 Å². The lowest BCUT2D eigenvalue weighted by Crippen LogP contribution is -2.72. The summed E-state index contributed by atoms with van der Waals surface area (Å²) < 4.78 is 5.72. The van der Waals surface area contributed by atoms with E-state index in [1.807, 2.05) is 43.3 Å². The quantitative estimate of drug-likeness (QED) is 0.255. The summed E-state index contributed by atoms with van der Waals surface area (Å²) in [6.45, 7) is 2.22. The zero-order chi connectivity index (χ0) is 21.5. The number of hydrogen-bond acceptors (Lipinski definition) is 2. The zero-order valence-electron chi connectivity index (χ0n) is 17.6. The van der Waals surface area contributed by atoms with E-state index in [0.29, 0.717) is 6.61 Å². The highest BCUT2D eigenvalue weighted by molar-refractivity contribution is 7.13. The summed E-state index contributed by atoms with van der Waals surface area (Å²) in [4.78, 5) is 13.7. The molecule has 0 fully saturated rings. The smallest absolute Gasteiger partial charge is 0.311 e. The Hall–Kier alpha value is -3.43. The predicted molar refractivity (Wildman–Crippen MR) is 130 cm³/mol. The van der Waals surface area contributed by atoms with Crippen LogP contribution in [0.3, 0.4) is 0 Å². The Morgan fingerprint density at radius 1 is 0.645 bits per heavy atom. The summed E-state index contributed by atoms with van der Waals surface area (Å²) in [6, 6.07) is 41.6. The first-order valence-electron chi connectivity index (χ1n) is 10.7. The molecule has 0 spiro atoms. The number of ether oxygens (including phenoxy) is 1. The first-order valence-corrected chi connectivity index (χ1v) is 12.7. The van der Waals surface area contributed by atoms with E-state index < -0.39 is 13.6 Å². The molecule has 0 saturated heterocycles. The molecule has 4 aromatic rings. The topological polar surface area (TPSA) is 26.3 Å². The average Bonchev–Trinajstić information content (AvgIpc) is 2.85. The lowest BCUT2D eigenvalue weighted by molar-refractivity contribution is -0.143. The molecule has 4 aromatic carbocycles. The zero-order valence-corrected chi connectivity index (χ0v) is 18.6. The normalized spacial score (nSPS) is 12.2. The van der Waals surface area contributed by atoms with Crippen LogP contribution in [0.5, 0.6) is 0 Å². The first kappa shape index (κ1) is 20.8. The second-order valence-corrected chi connectivity index (χ2v) is 11.4. The largest absolute Gasteiger partial charge is 0.466 e. The van der Waals surface area contributed by atoms with Crippen LogP contribution >= 0.6 is 0 Å². The van der Waals surface area contributed by atoms with Crippen LogP contribution in [0.1, 0.15) is 18.0 Å². The first-order chi connectivity index (χ1) is 15.3.